The van der Waals surface area contributed by atoms with Gasteiger partial charge >= 0.3 is 29.6 Å². The first-order valence-electron chi connectivity index (χ1n) is 3.41. The molecule has 4 nitrogen and oxygen atoms in total. The van der Waals surface area contributed by atoms with Crippen molar-refractivity contribution >= 4 is 42.4 Å². The normalized spacial score (nSPS) is 9.31. The zero-order chi connectivity index (χ0) is 8.39. The number of benzene rings is 1. The van der Waals surface area contributed by atoms with Crippen LogP contribution in [0, 0.1) is 0 Å². The predicted molar refractivity (Wildman–Crippen MR) is 54.8 cm³/mol. The van der Waals surface area contributed by atoms with Crippen LogP contribution >= 0.6 is 12.8 Å². The van der Waals surface area contributed by atoms with E-state index in [0.717, 1.165) is 5.56 Å². The van der Waals surface area contributed by atoms with Gasteiger partial charge in [0.1, 0.15) is 0 Å². The van der Waals surface area contributed by atoms with Crippen LogP contribution in [0.1, 0.15) is 0 Å². The van der Waals surface area contributed by atoms with Gasteiger partial charge in [0.25, 0.3) is 0 Å². The van der Waals surface area contributed by atoms with Gasteiger partial charge in [-0.25, -0.2) is 0 Å². The molecule has 0 aliphatic carbocycles. The van der Waals surface area contributed by atoms with E-state index in [-0.39, 0.29) is 29.6 Å². The third kappa shape index (κ3) is 2.31. The van der Waals surface area contributed by atoms with Crippen LogP contribution in [0.3, 0.4) is 0 Å². The Morgan fingerprint density at radius 1 is 1.15 bits per heavy atom. The van der Waals surface area contributed by atoms with E-state index in [4.69, 9.17) is 0 Å². The fourth-order valence-corrected chi connectivity index (χ4v) is 1.13. The maximum absolute atomic E-state index is 4.04. The van der Waals surface area contributed by atoms with Crippen LogP contribution < -0.4 is 0 Å². The summed E-state index contributed by atoms with van der Waals surface area (Å²) in [6, 6.07) is 9.66. The summed E-state index contributed by atoms with van der Waals surface area (Å²) in [5, 5.41) is 10.9. The Balaban J connectivity index is 0.000000845. The molecule has 0 spiro atoms. The third-order valence-corrected chi connectivity index (χ3v) is 1.76. The summed E-state index contributed by atoms with van der Waals surface area (Å²) in [6.45, 7) is 0. The number of aromatic nitrogens is 4. The molecule has 1 aromatic carbocycles. The summed E-state index contributed by atoms with van der Waals surface area (Å²) in [5.74, 6) is 0.652. The summed E-state index contributed by atoms with van der Waals surface area (Å²) in [7, 11) is 0. The van der Waals surface area contributed by atoms with E-state index in [1.165, 1.54) is 4.09 Å². The molecule has 0 radical (unpaired) electrons. The molecule has 0 bridgehead atoms. The minimum atomic E-state index is 0. The van der Waals surface area contributed by atoms with Crippen molar-refractivity contribution in [3.63, 3.8) is 0 Å². The van der Waals surface area contributed by atoms with Gasteiger partial charge in [0, 0.05) is 5.56 Å². The van der Waals surface area contributed by atoms with Crippen molar-refractivity contribution in [1.82, 2.24) is 19.6 Å². The summed E-state index contributed by atoms with van der Waals surface area (Å²) in [4.78, 5) is 0. The van der Waals surface area contributed by atoms with Crippen molar-refractivity contribution in [1.29, 1.82) is 0 Å². The van der Waals surface area contributed by atoms with Gasteiger partial charge in [-0.15, -0.1) is 5.10 Å². The van der Waals surface area contributed by atoms with Crippen molar-refractivity contribution in [2.45, 2.75) is 0 Å². The Hall–Kier alpha value is -0.360. The minimum absolute atomic E-state index is 0. The Morgan fingerprint density at radius 2 is 1.85 bits per heavy atom. The molecule has 2 rings (SSSR count). The van der Waals surface area contributed by atoms with Crippen molar-refractivity contribution in [2.75, 3.05) is 0 Å². The first-order chi connectivity index (χ1) is 5.88. The molecule has 0 atom stereocenters. The zero-order valence-corrected chi connectivity index (χ0v) is 7.02. The van der Waals surface area contributed by atoms with Gasteiger partial charge in [0.05, 0.1) is 0 Å². The molecule has 1 aromatic heterocycles. The van der Waals surface area contributed by atoms with Gasteiger partial charge in [-0.1, -0.05) is 30.3 Å². The standard InChI is InChI=1S/C7H6N4S.Na.H/c12-11-7(8-9-10-11)6-4-2-1-3-5-6;;/h1-5,12H;;. The van der Waals surface area contributed by atoms with Crippen LogP contribution in [0.4, 0.5) is 0 Å². The van der Waals surface area contributed by atoms with Gasteiger partial charge in [-0.3, -0.25) is 0 Å². The van der Waals surface area contributed by atoms with Crippen LogP contribution in [0.5, 0.6) is 0 Å². The first kappa shape index (κ1) is 10.7. The molecule has 0 N–H and O–H groups in total. The van der Waals surface area contributed by atoms with E-state index >= 15 is 0 Å². The van der Waals surface area contributed by atoms with Crippen LogP contribution in [0.15, 0.2) is 30.3 Å². The first-order valence-corrected chi connectivity index (χ1v) is 3.81. The fraction of sp³-hybridized carbons (Fsp3) is 0. The van der Waals surface area contributed by atoms with Crippen molar-refractivity contribution in [3.8, 4) is 11.4 Å². The van der Waals surface area contributed by atoms with Gasteiger partial charge in [0.2, 0.25) is 0 Å². The molecule has 0 aliphatic rings. The fourth-order valence-electron chi connectivity index (χ4n) is 0.943. The molecule has 6 heteroatoms. The predicted octanol–water partition coefficient (Wildman–Crippen LogP) is 0.384. The molecule has 0 saturated heterocycles. The second-order valence-electron chi connectivity index (χ2n) is 2.26. The van der Waals surface area contributed by atoms with E-state index in [1.807, 2.05) is 30.3 Å². The second kappa shape index (κ2) is 4.76. The van der Waals surface area contributed by atoms with E-state index in [1.54, 1.807) is 0 Å². The summed E-state index contributed by atoms with van der Waals surface area (Å²) in [6.07, 6.45) is 0. The van der Waals surface area contributed by atoms with Gasteiger partial charge < -0.3 is 0 Å². The number of hydrogen-bond acceptors (Lipinski definition) is 4. The Kier molecular flexibility index (Phi) is 3.92. The van der Waals surface area contributed by atoms with Crippen molar-refractivity contribution in [3.05, 3.63) is 30.3 Å². The summed E-state index contributed by atoms with van der Waals surface area (Å²) in [5.41, 5.74) is 0.956. The number of rotatable bonds is 1. The van der Waals surface area contributed by atoms with Gasteiger partial charge in [0.15, 0.2) is 5.82 Å². The van der Waals surface area contributed by atoms with Gasteiger partial charge in [-0.2, -0.15) is 4.09 Å². The molecule has 1 heterocycles. The third-order valence-electron chi connectivity index (χ3n) is 1.49. The maximum atomic E-state index is 4.04. The summed E-state index contributed by atoms with van der Waals surface area (Å²) >= 11 is 4.04. The Morgan fingerprint density at radius 3 is 2.38 bits per heavy atom. The van der Waals surface area contributed by atoms with Gasteiger partial charge in [-0.05, 0) is 23.2 Å². The Labute approximate surface area is 103 Å². The Bertz CT molecular complexity index is 375. The number of nitrogens with zero attached hydrogens (tertiary/aromatic N) is 4. The topological polar surface area (TPSA) is 43.6 Å². The van der Waals surface area contributed by atoms with E-state index < -0.39 is 0 Å². The van der Waals surface area contributed by atoms with Crippen molar-refractivity contribution in [2.24, 2.45) is 0 Å². The molecule has 62 valence electrons. The molecule has 13 heavy (non-hydrogen) atoms. The van der Waals surface area contributed by atoms with Crippen LogP contribution in [-0.4, -0.2) is 49.2 Å². The van der Waals surface area contributed by atoms with Crippen LogP contribution in [0.2, 0.25) is 0 Å². The number of tetrazole rings is 1. The van der Waals surface area contributed by atoms with Crippen LogP contribution in [0.25, 0.3) is 11.4 Å². The van der Waals surface area contributed by atoms with E-state index in [9.17, 15) is 0 Å². The second-order valence-corrected chi connectivity index (χ2v) is 2.64. The number of thiol groups is 1. The molecule has 0 saturated carbocycles. The molecule has 0 amide bonds. The zero-order valence-electron chi connectivity index (χ0n) is 6.12. The molecular formula is C7H7N4NaS. The van der Waals surface area contributed by atoms with Crippen molar-refractivity contribution < 1.29 is 0 Å². The average Bonchev–Trinajstić information content (AvgIpc) is 2.53. The van der Waals surface area contributed by atoms with Crippen LogP contribution in [-0.2, 0) is 0 Å². The van der Waals surface area contributed by atoms with E-state index in [2.05, 4.69) is 28.3 Å². The SMILES string of the molecule is Sn1nnnc1-c1ccccc1.[NaH]. The molecule has 0 unspecified atom stereocenters. The monoisotopic (exact) mass is 202 g/mol. The average molecular weight is 202 g/mol. The molecule has 0 fully saturated rings. The van der Waals surface area contributed by atoms with E-state index in [0.29, 0.717) is 5.82 Å². The quantitative estimate of drug-likeness (QED) is 0.537. The number of hydrogen-bond donors (Lipinski definition) is 1. The summed E-state index contributed by atoms with van der Waals surface area (Å²) < 4.78 is 1.34. The molecule has 0 aliphatic heterocycles. The molecule has 2 aromatic rings. The molecular weight excluding hydrogens is 195 g/mol.